The normalized spacial score (nSPS) is 12.2. The van der Waals surface area contributed by atoms with E-state index in [1.54, 1.807) is 19.1 Å². The van der Waals surface area contributed by atoms with E-state index in [0.717, 1.165) is 23.9 Å². The number of halogens is 2. The first-order chi connectivity index (χ1) is 9.56. The predicted molar refractivity (Wildman–Crippen MR) is 72.3 cm³/mol. The maximum absolute atomic E-state index is 13.0. The Hall–Kier alpha value is -1.82. The maximum atomic E-state index is 13.0. The highest BCUT2D eigenvalue weighted by molar-refractivity contribution is 8.00. The van der Waals surface area contributed by atoms with Crippen LogP contribution in [0.1, 0.15) is 18.7 Å². The van der Waals surface area contributed by atoms with E-state index in [-0.39, 0.29) is 17.7 Å². The molecular formula is C14H13F2NO2S. The van der Waals surface area contributed by atoms with Crippen molar-refractivity contribution in [3.63, 3.8) is 0 Å². The number of amides is 1. The molecule has 0 bridgehead atoms. The molecule has 20 heavy (non-hydrogen) atoms. The van der Waals surface area contributed by atoms with Crippen molar-refractivity contribution in [2.75, 3.05) is 5.75 Å². The van der Waals surface area contributed by atoms with Gasteiger partial charge in [-0.1, -0.05) is 0 Å². The number of carbonyl (C=O) groups excluding carboxylic acids is 1. The Kier molecular flexibility index (Phi) is 4.79. The van der Waals surface area contributed by atoms with E-state index >= 15 is 0 Å². The molecule has 0 spiro atoms. The van der Waals surface area contributed by atoms with Gasteiger partial charge in [0, 0.05) is 4.90 Å². The van der Waals surface area contributed by atoms with Crippen molar-refractivity contribution in [1.82, 2.24) is 5.32 Å². The monoisotopic (exact) mass is 297 g/mol. The van der Waals surface area contributed by atoms with Crippen LogP contribution in [0.3, 0.4) is 0 Å². The minimum Gasteiger partial charge on any atom is -0.467 e. The van der Waals surface area contributed by atoms with Crippen molar-refractivity contribution in [1.29, 1.82) is 0 Å². The first-order valence-corrected chi connectivity index (χ1v) is 6.95. The molecule has 1 amide bonds. The van der Waals surface area contributed by atoms with Gasteiger partial charge in [0.2, 0.25) is 5.91 Å². The van der Waals surface area contributed by atoms with E-state index in [1.165, 1.54) is 12.3 Å². The Morgan fingerprint density at radius 3 is 2.80 bits per heavy atom. The van der Waals surface area contributed by atoms with Crippen LogP contribution in [0.4, 0.5) is 8.78 Å². The highest BCUT2D eigenvalue weighted by atomic mass is 32.2. The summed E-state index contributed by atoms with van der Waals surface area (Å²) in [7, 11) is 0. The summed E-state index contributed by atoms with van der Waals surface area (Å²) < 4.78 is 30.9. The van der Waals surface area contributed by atoms with Crippen LogP contribution in [-0.2, 0) is 4.79 Å². The molecule has 0 saturated carbocycles. The summed E-state index contributed by atoms with van der Waals surface area (Å²) in [5.74, 6) is -1.24. The number of hydrogen-bond acceptors (Lipinski definition) is 3. The second-order valence-corrected chi connectivity index (χ2v) is 5.22. The van der Waals surface area contributed by atoms with E-state index in [9.17, 15) is 13.6 Å². The summed E-state index contributed by atoms with van der Waals surface area (Å²) in [6.07, 6.45) is 1.54. The molecule has 1 heterocycles. The van der Waals surface area contributed by atoms with E-state index in [4.69, 9.17) is 4.42 Å². The first-order valence-electron chi connectivity index (χ1n) is 5.97. The summed E-state index contributed by atoms with van der Waals surface area (Å²) in [6, 6.07) is 6.83. The fourth-order valence-corrected chi connectivity index (χ4v) is 2.34. The van der Waals surface area contributed by atoms with Gasteiger partial charge in [-0.15, -0.1) is 11.8 Å². The Labute approximate surface area is 119 Å². The Morgan fingerprint density at radius 2 is 2.15 bits per heavy atom. The van der Waals surface area contributed by atoms with Crippen LogP contribution in [0.2, 0.25) is 0 Å². The van der Waals surface area contributed by atoms with E-state index in [0.29, 0.717) is 10.7 Å². The third kappa shape index (κ3) is 3.84. The highest BCUT2D eigenvalue weighted by Crippen LogP contribution is 2.20. The lowest BCUT2D eigenvalue weighted by Gasteiger charge is -2.11. The van der Waals surface area contributed by atoms with Crippen molar-refractivity contribution < 1.29 is 18.0 Å². The Bertz CT molecular complexity index is 587. The zero-order valence-electron chi connectivity index (χ0n) is 10.7. The number of benzene rings is 1. The van der Waals surface area contributed by atoms with Crippen molar-refractivity contribution in [2.24, 2.45) is 0 Å². The first kappa shape index (κ1) is 14.6. The number of nitrogens with one attached hydrogen (secondary N) is 1. The van der Waals surface area contributed by atoms with Crippen LogP contribution in [0.5, 0.6) is 0 Å². The van der Waals surface area contributed by atoms with Crippen molar-refractivity contribution in [3.8, 4) is 0 Å². The van der Waals surface area contributed by atoms with Gasteiger partial charge in [0.15, 0.2) is 11.6 Å². The summed E-state index contributed by atoms with van der Waals surface area (Å²) in [5.41, 5.74) is 0. The summed E-state index contributed by atoms with van der Waals surface area (Å²) in [5, 5.41) is 2.76. The zero-order chi connectivity index (χ0) is 14.5. The van der Waals surface area contributed by atoms with Gasteiger partial charge in [0.1, 0.15) is 5.76 Å². The molecule has 3 nitrogen and oxygen atoms in total. The van der Waals surface area contributed by atoms with Gasteiger partial charge in [-0.3, -0.25) is 4.79 Å². The topological polar surface area (TPSA) is 42.2 Å². The van der Waals surface area contributed by atoms with E-state index in [1.807, 2.05) is 0 Å². The molecule has 0 radical (unpaired) electrons. The molecule has 0 aliphatic rings. The fraction of sp³-hybridized carbons (Fsp3) is 0.214. The van der Waals surface area contributed by atoms with Gasteiger partial charge in [0.05, 0.1) is 18.1 Å². The highest BCUT2D eigenvalue weighted by Gasteiger charge is 2.12. The number of carbonyl (C=O) groups is 1. The molecule has 106 valence electrons. The molecule has 0 aliphatic carbocycles. The van der Waals surface area contributed by atoms with Crippen molar-refractivity contribution in [3.05, 3.63) is 54.0 Å². The Morgan fingerprint density at radius 1 is 1.35 bits per heavy atom. The maximum Gasteiger partial charge on any atom is 0.230 e. The Balaban J connectivity index is 1.84. The van der Waals surface area contributed by atoms with Crippen LogP contribution in [0, 0.1) is 11.6 Å². The fourth-order valence-electron chi connectivity index (χ4n) is 1.61. The third-order valence-electron chi connectivity index (χ3n) is 2.61. The predicted octanol–water partition coefficient (Wildman–Crippen LogP) is 3.53. The largest absolute Gasteiger partial charge is 0.467 e. The molecule has 2 aromatic rings. The van der Waals surface area contributed by atoms with Crippen LogP contribution in [0.25, 0.3) is 0 Å². The zero-order valence-corrected chi connectivity index (χ0v) is 11.5. The molecule has 0 unspecified atom stereocenters. The molecule has 0 fully saturated rings. The minimum absolute atomic E-state index is 0.121. The molecule has 1 aromatic carbocycles. The lowest BCUT2D eigenvalue weighted by Crippen LogP contribution is -2.27. The molecular weight excluding hydrogens is 284 g/mol. The molecule has 2 rings (SSSR count). The number of thioether (sulfide) groups is 1. The summed E-state index contributed by atoms with van der Waals surface area (Å²) in [6.45, 7) is 1.80. The molecule has 0 aliphatic heterocycles. The van der Waals surface area contributed by atoms with Crippen LogP contribution >= 0.6 is 11.8 Å². The summed E-state index contributed by atoms with van der Waals surface area (Å²) >= 11 is 1.14. The van der Waals surface area contributed by atoms with Gasteiger partial charge in [-0.05, 0) is 37.3 Å². The summed E-state index contributed by atoms with van der Waals surface area (Å²) in [4.78, 5) is 12.2. The van der Waals surface area contributed by atoms with Crippen LogP contribution < -0.4 is 5.32 Å². The van der Waals surface area contributed by atoms with E-state index < -0.39 is 11.6 Å². The van der Waals surface area contributed by atoms with Gasteiger partial charge in [0.25, 0.3) is 0 Å². The molecule has 1 atom stereocenters. The van der Waals surface area contributed by atoms with Gasteiger partial charge in [-0.25, -0.2) is 8.78 Å². The standard InChI is InChI=1S/C14H13F2NO2S/c1-9(13-3-2-6-19-13)17-14(18)8-20-10-4-5-11(15)12(16)7-10/h2-7,9H,8H2,1H3,(H,17,18)/t9-/m0/s1. The van der Waals surface area contributed by atoms with Crippen LogP contribution in [0.15, 0.2) is 45.9 Å². The number of rotatable bonds is 5. The lowest BCUT2D eigenvalue weighted by molar-refractivity contribution is -0.119. The second-order valence-electron chi connectivity index (χ2n) is 4.17. The minimum atomic E-state index is -0.917. The quantitative estimate of drug-likeness (QED) is 0.859. The molecule has 1 aromatic heterocycles. The average molecular weight is 297 g/mol. The second kappa shape index (κ2) is 6.56. The smallest absolute Gasteiger partial charge is 0.230 e. The van der Waals surface area contributed by atoms with Crippen LogP contribution in [-0.4, -0.2) is 11.7 Å². The third-order valence-corrected chi connectivity index (χ3v) is 3.60. The van der Waals surface area contributed by atoms with Crippen molar-refractivity contribution in [2.45, 2.75) is 17.9 Å². The average Bonchev–Trinajstić information content (AvgIpc) is 2.94. The number of hydrogen-bond donors (Lipinski definition) is 1. The lowest BCUT2D eigenvalue weighted by atomic mass is 10.2. The molecule has 6 heteroatoms. The van der Waals surface area contributed by atoms with E-state index in [2.05, 4.69) is 5.32 Å². The van der Waals surface area contributed by atoms with Gasteiger partial charge < -0.3 is 9.73 Å². The van der Waals surface area contributed by atoms with Crippen molar-refractivity contribution >= 4 is 17.7 Å². The SMILES string of the molecule is C[C@H](NC(=O)CSc1ccc(F)c(F)c1)c1ccco1. The van der Waals surface area contributed by atoms with Gasteiger partial charge in [-0.2, -0.15) is 0 Å². The van der Waals surface area contributed by atoms with Gasteiger partial charge >= 0.3 is 0 Å². The molecule has 0 saturated heterocycles. The molecule has 1 N–H and O–H groups in total. The number of furan rings is 1.